The molecule has 0 aliphatic heterocycles. The fourth-order valence-corrected chi connectivity index (χ4v) is 2.14. The van der Waals surface area contributed by atoms with Gasteiger partial charge in [-0.3, -0.25) is 0 Å². The molecule has 0 radical (unpaired) electrons. The molecule has 0 bridgehead atoms. The van der Waals surface area contributed by atoms with Crippen molar-refractivity contribution in [1.82, 2.24) is 0 Å². The van der Waals surface area contributed by atoms with Crippen molar-refractivity contribution in [3.8, 4) is 5.75 Å². The van der Waals surface area contributed by atoms with Crippen molar-refractivity contribution in [3.05, 3.63) is 28.8 Å². The van der Waals surface area contributed by atoms with Crippen LogP contribution in [0.25, 0.3) is 0 Å². The fraction of sp³-hybridized carbons (Fsp3) is 0.625. The second kappa shape index (κ2) is 8.50. The van der Waals surface area contributed by atoms with Gasteiger partial charge in [0.2, 0.25) is 0 Å². The van der Waals surface area contributed by atoms with Crippen LogP contribution in [0.1, 0.15) is 32.8 Å². The van der Waals surface area contributed by atoms with Crippen molar-refractivity contribution < 1.29 is 14.8 Å². The smallest absolute Gasteiger partial charge is 0.123 e. The molecule has 3 nitrogen and oxygen atoms in total. The van der Waals surface area contributed by atoms with Crippen LogP contribution in [0.3, 0.4) is 0 Å². The van der Waals surface area contributed by atoms with E-state index in [9.17, 15) is 0 Å². The van der Waals surface area contributed by atoms with Gasteiger partial charge in [-0.25, -0.2) is 0 Å². The number of hydrogen-bond acceptors (Lipinski definition) is 2. The zero-order valence-corrected chi connectivity index (χ0v) is 13.8. The molecule has 0 saturated heterocycles. The van der Waals surface area contributed by atoms with Crippen LogP contribution in [-0.2, 0) is 10.2 Å². The van der Waals surface area contributed by atoms with Crippen LogP contribution in [0.5, 0.6) is 5.75 Å². The quantitative estimate of drug-likeness (QED) is 0.749. The molecule has 1 aromatic rings. The first kappa shape index (κ1) is 17.3. The number of benzene rings is 1. The van der Waals surface area contributed by atoms with Gasteiger partial charge in [-0.15, -0.1) is 0 Å². The summed E-state index contributed by atoms with van der Waals surface area (Å²) in [7, 11) is 1.73. The van der Waals surface area contributed by atoms with Crippen LogP contribution < -0.4 is 10.1 Å². The molecule has 0 saturated carbocycles. The van der Waals surface area contributed by atoms with E-state index in [4.69, 9.17) is 21.1 Å². The Labute approximate surface area is 127 Å². The van der Waals surface area contributed by atoms with E-state index in [1.165, 1.54) is 0 Å². The van der Waals surface area contributed by atoms with E-state index < -0.39 is 0 Å². The standard InChI is InChI=1S/C16H26ClNO2/c1-16(2,3)14-12-13(17)6-7-15(14)20-10-5-8-18-9-11-19-4/h6-7,12,18H,5,8-11H2,1-4H3/p+1. The fourth-order valence-electron chi connectivity index (χ4n) is 1.97. The first-order chi connectivity index (χ1) is 9.45. The van der Waals surface area contributed by atoms with Gasteiger partial charge in [-0.1, -0.05) is 32.4 Å². The maximum absolute atomic E-state index is 6.08. The second-order valence-corrected chi connectivity index (χ2v) is 6.39. The van der Waals surface area contributed by atoms with Crippen molar-refractivity contribution in [2.45, 2.75) is 32.6 Å². The van der Waals surface area contributed by atoms with Gasteiger partial charge in [0.25, 0.3) is 0 Å². The maximum Gasteiger partial charge on any atom is 0.123 e. The first-order valence-corrected chi connectivity index (χ1v) is 7.56. The third-order valence-corrected chi connectivity index (χ3v) is 3.32. The van der Waals surface area contributed by atoms with Crippen LogP contribution >= 0.6 is 11.6 Å². The minimum atomic E-state index is 0.0326. The van der Waals surface area contributed by atoms with E-state index in [1.54, 1.807) is 7.11 Å². The van der Waals surface area contributed by atoms with E-state index in [1.807, 2.05) is 18.2 Å². The number of nitrogens with two attached hydrogens (primary N) is 1. The number of halogens is 1. The Kier molecular flexibility index (Phi) is 7.35. The molecule has 0 aliphatic rings. The van der Waals surface area contributed by atoms with Gasteiger partial charge in [0.05, 0.1) is 26.3 Å². The minimum absolute atomic E-state index is 0.0326. The first-order valence-electron chi connectivity index (χ1n) is 7.18. The summed E-state index contributed by atoms with van der Waals surface area (Å²) >= 11 is 6.08. The Morgan fingerprint density at radius 1 is 1.15 bits per heavy atom. The van der Waals surface area contributed by atoms with Gasteiger partial charge in [0.1, 0.15) is 5.75 Å². The molecule has 20 heavy (non-hydrogen) atoms. The van der Waals surface area contributed by atoms with Crippen molar-refractivity contribution in [1.29, 1.82) is 0 Å². The molecule has 1 rings (SSSR count). The van der Waals surface area contributed by atoms with Crippen molar-refractivity contribution >= 4 is 11.6 Å². The Morgan fingerprint density at radius 3 is 2.55 bits per heavy atom. The zero-order valence-electron chi connectivity index (χ0n) is 13.0. The summed E-state index contributed by atoms with van der Waals surface area (Å²) < 4.78 is 10.9. The Bertz CT molecular complexity index is 402. The summed E-state index contributed by atoms with van der Waals surface area (Å²) in [5.74, 6) is 0.943. The second-order valence-electron chi connectivity index (χ2n) is 5.95. The lowest BCUT2D eigenvalue weighted by Gasteiger charge is -2.23. The minimum Gasteiger partial charge on any atom is -0.493 e. The average Bonchev–Trinajstić information content (AvgIpc) is 2.38. The van der Waals surface area contributed by atoms with E-state index >= 15 is 0 Å². The summed E-state index contributed by atoms with van der Waals surface area (Å²) in [6, 6.07) is 5.86. The normalized spacial score (nSPS) is 11.7. The Hall–Kier alpha value is -0.770. The molecule has 0 aliphatic carbocycles. The number of hydrogen-bond donors (Lipinski definition) is 1. The molecule has 0 atom stereocenters. The molecule has 1 aromatic carbocycles. The summed E-state index contributed by atoms with van der Waals surface area (Å²) in [5, 5.41) is 3.01. The topological polar surface area (TPSA) is 35.1 Å². The highest BCUT2D eigenvalue weighted by Gasteiger charge is 2.19. The number of ether oxygens (including phenoxy) is 2. The van der Waals surface area contributed by atoms with Gasteiger partial charge in [-0.2, -0.15) is 0 Å². The highest BCUT2D eigenvalue weighted by Crippen LogP contribution is 2.33. The van der Waals surface area contributed by atoms with Crippen molar-refractivity contribution in [2.24, 2.45) is 0 Å². The van der Waals surface area contributed by atoms with Gasteiger partial charge in [0.15, 0.2) is 0 Å². The lowest BCUT2D eigenvalue weighted by atomic mass is 9.86. The lowest BCUT2D eigenvalue weighted by molar-refractivity contribution is -0.656. The molecule has 0 unspecified atom stereocenters. The predicted octanol–water partition coefficient (Wildman–Crippen LogP) is 2.62. The summed E-state index contributed by atoms with van der Waals surface area (Å²) in [4.78, 5) is 0. The Balaban J connectivity index is 2.44. The average molecular weight is 301 g/mol. The summed E-state index contributed by atoms with van der Waals surface area (Å²) in [5.41, 5.74) is 1.19. The molecule has 2 N–H and O–H groups in total. The predicted molar refractivity (Wildman–Crippen MR) is 83.8 cm³/mol. The molecule has 0 aromatic heterocycles. The maximum atomic E-state index is 6.08. The number of quaternary nitrogens is 1. The highest BCUT2D eigenvalue weighted by atomic mass is 35.5. The van der Waals surface area contributed by atoms with Crippen LogP contribution in [0.4, 0.5) is 0 Å². The van der Waals surface area contributed by atoms with E-state index in [0.29, 0.717) is 0 Å². The van der Waals surface area contributed by atoms with Gasteiger partial charge < -0.3 is 14.8 Å². The largest absolute Gasteiger partial charge is 0.493 e. The molecular weight excluding hydrogens is 274 g/mol. The van der Waals surface area contributed by atoms with Crippen molar-refractivity contribution in [3.63, 3.8) is 0 Å². The van der Waals surface area contributed by atoms with E-state index in [2.05, 4.69) is 26.1 Å². The molecule has 0 spiro atoms. The molecule has 114 valence electrons. The number of rotatable bonds is 8. The third-order valence-electron chi connectivity index (χ3n) is 3.09. The molecule has 4 heteroatoms. The van der Waals surface area contributed by atoms with Crippen LogP contribution in [0.2, 0.25) is 5.02 Å². The monoisotopic (exact) mass is 300 g/mol. The number of methoxy groups -OCH3 is 1. The molecule has 0 fully saturated rings. The summed E-state index contributed by atoms with van der Waals surface area (Å²) in [6.07, 6.45) is 1.02. The van der Waals surface area contributed by atoms with Crippen LogP contribution in [0.15, 0.2) is 18.2 Å². The van der Waals surface area contributed by atoms with Gasteiger partial charge in [0, 0.05) is 24.1 Å². The van der Waals surface area contributed by atoms with E-state index in [0.717, 1.165) is 49.1 Å². The van der Waals surface area contributed by atoms with Crippen LogP contribution in [-0.4, -0.2) is 33.4 Å². The molecule has 0 amide bonds. The van der Waals surface area contributed by atoms with Gasteiger partial charge in [-0.05, 0) is 23.6 Å². The van der Waals surface area contributed by atoms with Crippen molar-refractivity contribution in [2.75, 3.05) is 33.4 Å². The molecule has 0 heterocycles. The van der Waals surface area contributed by atoms with Crippen LogP contribution in [0, 0.1) is 0 Å². The Morgan fingerprint density at radius 2 is 1.90 bits per heavy atom. The lowest BCUT2D eigenvalue weighted by Crippen LogP contribution is -2.85. The highest BCUT2D eigenvalue weighted by molar-refractivity contribution is 6.30. The molecular formula is C16H27ClNO2+. The zero-order chi connectivity index (χ0) is 15.0. The summed E-state index contributed by atoms with van der Waals surface area (Å²) in [6.45, 7) is 10.1. The third kappa shape index (κ3) is 6.12. The van der Waals surface area contributed by atoms with E-state index in [-0.39, 0.29) is 5.41 Å². The SMILES string of the molecule is COCC[NH2+]CCCOc1ccc(Cl)cc1C(C)(C)C. The van der Waals surface area contributed by atoms with Gasteiger partial charge >= 0.3 is 0 Å².